The van der Waals surface area contributed by atoms with Crippen molar-refractivity contribution in [2.24, 2.45) is 0 Å². The molecule has 0 aliphatic carbocycles. The first-order chi connectivity index (χ1) is 6.22. The summed E-state index contributed by atoms with van der Waals surface area (Å²) < 4.78 is 9.10. The van der Waals surface area contributed by atoms with E-state index in [9.17, 15) is 9.59 Å². The van der Waals surface area contributed by atoms with Crippen molar-refractivity contribution >= 4 is 11.9 Å². The van der Waals surface area contributed by atoms with Gasteiger partial charge in [0.2, 0.25) is 0 Å². The van der Waals surface area contributed by atoms with Crippen molar-refractivity contribution in [3.05, 3.63) is 0 Å². The van der Waals surface area contributed by atoms with Gasteiger partial charge in [-0.1, -0.05) is 0 Å². The van der Waals surface area contributed by atoms with Gasteiger partial charge in [0.15, 0.2) is 6.07 Å². The minimum absolute atomic E-state index is 0.231. The molecule has 0 amide bonds. The fourth-order valence-electron chi connectivity index (χ4n) is 0.972. The highest BCUT2D eigenvalue weighted by Gasteiger charge is 2.19. The Kier molecular flexibility index (Phi) is 3.26. The molecule has 1 fully saturated rings. The number of carbonyl (C=O) groups excluding carboxylic acids is 2. The summed E-state index contributed by atoms with van der Waals surface area (Å²) in [5.41, 5.74) is 0. The number of cyclic esters (lactones) is 2. The smallest absolute Gasteiger partial charge is 0.335 e. The Labute approximate surface area is 75.2 Å². The first-order valence-electron chi connectivity index (χ1n) is 4.01. The molecule has 1 aliphatic heterocycles. The van der Waals surface area contributed by atoms with Gasteiger partial charge in [0.05, 0.1) is 0 Å². The topological polar surface area (TPSA) is 76.4 Å². The Morgan fingerprint density at radius 1 is 1.15 bits per heavy atom. The number of nitrogens with zero attached hydrogens (tertiary/aromatic N) is 1. The highest BCUT2D eigenvalue weighted by molar-refractivity contribution is 5.72. The molecule has 1 aliphatic rings. The molecule has 0 N–H and O–H groups in total. The normalized spacial score (nSPS) is 20.2. The molecule has 0 aromatic heterocycles. The Morgan fingerprint density at radius 2 is 1.62 bits per heavy atom. The highest BCUT2D eigenvalue weighted by atomic mass is 16.7. The SMILES string of the molecule is N#CC1OC(=O)CCCCC(=O)O1. The van der Waals surface area contributed by atoms with Crippen LogP contribution < -0.4 is 0 Å². The van der Waals surface area contributed by atoms with Gasteiger partial charge in [-0.2, -0.15) is 5.26 Å². The quantitative estimate of drug-likeness (QED) is 0.511. The van der Waals surface area contributed by atoms with Crippen LogP contribution in [0.3, 0.4) is 0 Å². The molecule has 1 heterocycles. The predicted octanol–water partition coefficient (Wildman–Crippen LogP) is 0.496. The molecule has 0 aromatic carbocycles. The van der Waals surface area contributed by atoms with Crippen molar-refractivity contribution in [2.75, 3.05) is 0 Å². The lowest BCUT2D eigenvalue weighted by molar-refractivity contribution is -0.176. The Balaban J connectivity index is 2.59. The first-order valence-corrected chi connectivity index (χ1v) is 4.01. The van der Waals surface area contributed by atoms with Crippen LogP contribution in [0.5, 0.6) is 0 Å². The third kappa shape index (κ3) is 3.11. The van der Waals surface area contributed by atoms with Gasteiger partial charge < -0.3 is 9.47 Å². The van der Waals surface area contributed by atoms with Crippen LogP contribution in [-0.4, -0.2) is 18.2 Å². The van der Waals surface area contributed by atoms with E-state index in [1.165, 1.54) is 0 Å². The molecule has 0 aromatic rings. The fraction of sp³-hybridized carbons (Fsp3) is 0.625. The zero-order valence-corrected chi connectivity index (χ0v) is 6.99. The lowest BCUT2D eigenvalue weighted by Crippen LogP contribution is -2.21. The number of carbonyl (C=O) groups is 2. The second kappa shape index (κ2) is 4.45. The standard InChI is InChI=1S/C8H9NO4/c9-5-8-12-6(10)3-1-2-4-7(11)13-8/h8H,1-4H2. The van der Waals surface area contributed by atoms with Crippen molar-refractivity contribution < 1.29 is 19.1 Å². The second-order valence-electron chi connectivity index (χ2n) is 2.65. The van der Waals surface area contributed by atoms with Gasteiger partial charge in [-0.05, 0) is 12.8 Å². The van der Waals surface area contributed by atoms with Gasteiger partial charge >= 0.3 is 18.2 Å². The molecule has 0 radical (unpaired) electrons. The van der Waals surface area contributed by atoms with Crippen LogP contribution in [0.4, 0.5) is 0 Å². The van der Waals surface area contributed by atoms with Gasteiger partial charge in [0.1, 0.15) is 0 Å². The monoisotopic (exact) mass is 183 g/mol. The van der Waals surface area contributed by atoms with E-state index in [1.807, 2.05) is 0 Å². The zero-order chi connectivity index (χ0) is 9.68. The highest BCUT2D eigenvalue weighted by Crippen LogP contribution is 2.09. The van der Waals surface area contributed by atoms with Crippen molar-refractivity contribution in [1.29, 1.82) is 5.26 Å². The van der Waals surface area contributed by atoms with E-state index in [0.29, 0.717) is 12.8 Å². The van der Waals surface area contributed by atoms with E-state index in [0.717, 1.165) is 0 Å². The predicted molar refractivity (Wildman–Crippen MR) is 40.1 cm³/mol. The second-order valence-corrected chi connectivity index (χ2v) is 2.65. The number of rotatable bonds is 0. The van der Waals surface area contributed by atoms with Gasteiger partial charge in [-0.3, -0.25) is 9.59 Å². The van der Waals surface area contributed by atoms with Crippen molar-refractivity contribution in [3.8, 4) is 6.07 Å². The van der Waals surface area contributed by atoms with Crippen LogP contribution in [0, 0.1) is 11.3 Å². The summed E-state index contributed by atoms with van der Waals surface area (Å²) in [5, 5.41) is 8.43. The van der Waals surface area contributed by atoms with Crippen LogP contribution in [-0.2, 0) is 19.1 Å². The number of hydrogen-bond acceptors (Lipinski definition) is 5. The van der Waals surface area contributed by atoms with Crippen LogP contribution in [0.1, 0.15) is 25.7 Å². The van der Waals surface area contributed by atoms with Gasteiger partial charge in [0, 0.05) is 12.8 Å². The largest absolute Gasteiger partial charge is 0.411 e. The van der Waals surface area contributed by atoms with Crippen molar-refractivity contribution in [1.82, 2.24) is 0 Å². The van der Waals surface area contributed by atoms with Crippen molar-refractivity contribution in [2.45, 2.75) is 32.0 Å². The fourth-order valence-corrected chi connectivity index (χ4v) is 0.972. The van der Waals surface area contributed by atoms with E-state index in [2.05, 4.69) is 9.47 Å². The maximum absolute atomic E-state index is 10.9. The number of esters is 2. The van der Waals surface area contributed by atoms with Crippen LogP contribution in [0.25, 0.3) is 0 Å². The van der Waals surface area contributed by atoms with Crippen LogP contribution in [0.2, 0.25) is 0 Å². The Bertz CT molecular complexity index is 235. The summed E-state index contributed by atoms with van der Waals surface area (Å²) >= 11 is 0. The summed E-state index contributed by atoms with van der Waals surface area (Å²) in [6, 6.07) is 1.57. The van der Waals surface area contributed by atoms with E-state index in [-0.39, 0.29) is 12.8 Å². The third-order valence-corrected chi connectivity index (χ3v) is 1.59. The summed E-state index contributed by atoms with van der Waals surface area (Å²) in [5.74, 6) is -0.998. The molecule has 1 rings (SSSR count). The van der Waals surface area contributed by atoms with Gasteiger partial charge in [-0.15, -0.1) is 0 Å². The van der Waals surface area contributed by atoms with Gasteiger partial charge in [0.25, 0.3) is 0 Å². The van der Waals surface area contributed by atoms with E-state index < -0.39 is 18.2 Å². The van der Waals surface area contributed by atoms with Gasteiger partial charge in [-0.25, -0.2) is 0 Å². The first kappa shape index (κ1) is 9.52. The van der Waals surface area contributed by atoms with Crippen molar-refractivity contribution in [3.63, 3.8) is 0 Å². The van der Waals surface area contributed by atoms with E-state index in [1.54, 1.807) is 6.07 Å². The lowest BCUT2D eigenvalue weighted by atomic mass is 10.2. The summed E-state index contributed by atoms with van der Waals surface area (Å²) in [4.78, 5) is 21.8. The minimum Gasteiger partial charge on any atom is -0.411 e. The number of ether oxygens (including phenoxy) is 2. The molecular weight excluding hydrogens is 174 g/mol. The molecule has 0 bridgehead atoms. The lowest BCUT2D eigenvalue weighted by Gasteiger charge is -2.08. The van der Waals surface area contributed by atoms with Crippen LogP contribution >= 0.6 is 0 Å². The molecule has 1 saturated heterocycles. The molecule has 0 spiro atoms. The molecule has 0 atom stereocenters. The average Bonchev–Trinajstić information content (AvgIpc) is 2.17. The molecule has 13 heavy (non-hydrogen) atoms. The molecule has 70 valence electrons. The molecule has 0 unspecified atom stereocenters. The molecule has 5 nitrogen and oxygen atoms in total. The minimum atomic E-state index is -1.38. The van der Waals surface area contributed by atoms with E-state index in [4.69, 9.17) is 5.26 Å². The molecular formula is C8H9NO4. The summed E-state index contributed by atoms with van der Waals surface area (Å²) in [6.45, 7) is 0. The third-order valence-electron chi connectivity index (χ3n) is 1.59. The van der Waals surface area contributed by atoms with E-state index >= 15 is 0 Å². The molecule has 5 heteroatoms. The Hall–Kier alpha value is -1.57. The summed E-state index contributed by atoms with van der Waals surface area (Å²) in [7, 11) is 0. The molecule has 0 saturated carbocycles. The maximum Gasteiger partial charge on any atom is 0.335 e. The number of nitriles is 1. The zero-order valence-electron chi connectivity index (χ0n) is 6.99. The maximum atomic E-state index is 10.9. The number of hydrogen-bond donors (Lipinski definition) is 0. The Morgan fingerprint density at radius 3 is 2.00 bits per heavy atom. The average molecular weight is 183 g/mol. The van der Waals surface area contributed by atoms with Crippen LogP contribution in [0.15, 0.2) is 0 Å². The summed E-state index contributed by atoms with van der Waals surface area (Å²) in [6.07, 6.45) is 0.264.